The summed E-state index contributed by atoms with van der Waals surface area (Å²) in [5.41, 5.74) is 0. The van der Waals surface area contributed by atoms with Crippen LogP contribution in [0.4, 0.5) is 0 Å². The Bertz CT molecular complexity index is 269. The molecule has 0 bridgehead atoms. The summed E-state index contributed by atoms with van der Waals surface area (Å²) in [7, 11) is 0. The highest BCUT2D eigenvalue weighted by Crippen LogP contribution is 2.28. The Labute approximate surface area is 102 Å². The highest BCUT2D eigenvalue weighted by molar-refractivity contribution is 7.09. The van der Waals surface area contributed by atoms with E-state index in [9.17, 15) is 0 Å². The summed E-state index contributed by atoms with van der Waals surface area (Å²) in [5, 5.41) is 5.51. The van der Waals surface area contributed by atoms with Crippen molar-refractivity contribution in [3.8, 4) is 0 Å². The van der Waals surface area contributed by atoms with Crippen LogP contribution in [0.3, 0.4) is 0 Å². The molecule has 1 fully saturated rings. The molecule has 1 aliphatic carbocycles. The maximum absolute atomic E-state index is 5.60. The summed E-state index contributed by atoms with van der Waals surface area (Å²) in [6.07, 6.45) is 5.57. The third kappa shape index (κ3) is 4.24. The fourth-order valence-electron chi connectivity index (χ4n) is 1.90. The Morgan fingerprint density at radius 1 is 1.38 bits per heavy atom. The van der Waals surface area contributed by atoms with E-state index in [0.29, 0.717) is 0 Å². The predicted octanol–water partition coefficient (Wildman–Crippen LogP) is 3.04. The smallest absolute Gasteiger partial charge is 0.0591 e. The number of thiophene rings is 1. The molecule has 0 unspecified atom stereocenters. The zero-order valence-corrected chi connectivity index (χ0v) is 10.6. The summed E-state index contributed by atoms with van der Waals surface area (Å²) >= 11 is 1.80. The van der Waals surface area contributed by atoms with Gasteiger partial charge < -0.3 is 10.1 Å². The van der Waals surface area contributed by atoms with Gasteiger partial charge in [-0.25, -0.2) is 0 Å². The van der Waals surface area contributed by atoms with Gasteiger partial charge in [-0.3, -0.25) is 0 Å². The minimum absolute atomic E-state index is 0.845. The van der Waals surface area contributed by atoms with Gasteiger partial charge in [0, 0.05) is 24.6 Å². The van der Waals surface area contributed by atoms with E-state index in [1.807, 2.05) is 0 Å². The number of hydrogen-bond donors (Lipinski definition) is 1. The number of hydrogen-bond acceptors (Lipinski definition) is 3. The maximum Gasteiger partial charge on any atom is 0.0591 e. The van der Waals surface area contributed by atoms with Crippen molar-refractivity contribution >= 4 is 11.3 Å². The van der Waals surface area contributed by atoms with Crippen molar-refractivity contribution in [2.75, 3.05) is 19.8 Å². The summed E-state index contributed by atoms with van der Waals surface area (Å²) in [5.74, 6) is 0.971. The van der Waals surface area contributed by atoms with Gasteiger partial charge in [-0.2, -0.15) is 0 Å². The van der Waals surface area contributed by atoms with Crippen LogP contribution in [0.1, 0.15) is 30.6 Å². The lowest BCUT2D eigenvalue weighted by molar-refractivity contribution is 0.108. The van der Waals surface area contributed by atoms with Crippen LogP contribution >= 0.6 is 11.3 Å². The minimum Gasteiger partial charge on any atom is -0.380 e. The lowest BCUT2D eigenvalue weighted by atomic mass is 9.83. The second-order valence-electron chi connectivity index (χ2n) is 4.45. The Hall–Kier alpha value is -0.380. The first-order chi connectivity index (χ1) is 7.95. The Morgan fingerprint density at radius 2 is 2.31 bits per heavy atom. The van der Waals surface area contributed by atoms with Crippen molar-refractivity contribution in [3.05, 3.63) is 22.4 Å². The van der Waals surface area contributed by atoms with E-state index in [4.69, 9.17) is 4.74 Å². The van der Waals surface area contributed by atoms with E-state index in [1.54, 1.807) is 11.3 Å². The van der Waals surface area contributed by atoms with Crippen LogP contribution in [0.5, 0.6) is 0 Å². The molecular formula is C13H21NOS. The van der Waals surface area contributed by atoms with Crippen molar-refractivity contribution in [3.63, 3.8) is 0 Å². The van der Waals surface area contributed by atoms with Gasteiger partial charge in [-0.15, -0.1) is 11.3 Å². The zero-order valence-electron chi connectivity index (χ0n) is 9.78. The van der Waals surface area contributed by atoms with E-state index >= 15 is 0 Å². The molecule has 3 heteroatoms. The lowest BCUT2D eigenvalue weighted by Crippen LogP contribution is -2.20. The molecule has 90 valence electrons. The van der Waals surface area contributed by atoms with Crippen LogP contribution in [-0.4, -0.2) is 19.8 Å². The van der Waals surface area contributed by atoms with Gasteiger partial charge in [0.05, 0.1) is 6.61 Å². The van der Waals surface area contributed by atoms with Gasteiger partial charge in [0.1, 0.15) is 0 Å². The average Bonchev–Trinajstić information content (AvgIpc) is 2.72. The number of nitrogens with one attached hydrogen (secondary N) is 1. The molecule has 1 heterocycles. The molecule has 0 aromatic carbocycles. The fourth-order valence-corrected chi connectivity index (χ4v) is 2.58. The highest BCUT2D eigenvalue weighted by atomic mass is 32.1. The van der Waals surface area contributed by atoms with Gasteiger partial charge >= 0.3 is 0 Å². The van der Waals surface area contributed by atoms with Crippen LogP contribution in [-0.2, 0) is 11.3 Å². The molecule has 1 aromatic heterocycles. The minimum atomic E-state index is 0.845. The normalized spacial score (nSPS) is 16.2. The summed E-state index contributed by atoms with van der Waals surface area (Å²) in [4.78, 5) is 1.40. The van der Waals surface area contributed by atoms with Crippen LogP contribution in [0, 0.1) is 5.92 Å². The van der Waals surface area contributed by atoms with Crippen LogP contribution in [0.15, 0.2) is 17.5 Å². The largest absolute Gasteiger partial charge is 0.380 e. The molecule has 2 rings (SSSR count). The fraction of sp³-hybridized carbons (Fsp3) is 0.692. The molecule has 1 aliphatic rings. The maximum atomic E-state index is 5.60. The number of rotatable bonds is 8. The van der Waals surface area contributed by atoms with E-state index in [0.717, 1.165) is 32.2 Å². The van der Waals surface area contributed by atoms with E-state index in [2.05, 4.69) is 22.8 Å². The first-order valence-electron chi connectivity index (χ1n) is 6.26. The second-order valence-corrected chi connectivity index (χ2v) is 5.49. The first kappa shape index (κ1) is 12.1. The molecule has 1 saturated carbocycles. The summed E-state index contributed by atoms with van der Waals surface area (Å²) in [6.45, 7) is 3.73. The van der Waals surface area contributed by atoms with E-state index < -0.39 is 0 Å². The molecule has 0 amide bonds. The topological polar surface area (TPSA) is 21.3 Å². The zero-order chi connectivity index (χ0) is 11.1. The Kier molecular flexibility index (Phi) is 5.32. The lowest BCUT2D eigenvalue weighted by Gasteiger charge is -2.24. The van der Waals surface area contributed by atoms with E-state index in [1.165, 1.54) is 30.6 Å². The van der Waals surface area contributed by atoms with Crippen molar-refractivity contribution in [2.45, 2.75) is 32.2 Å². The van der Waals surface area contributed by atoms with E-state index in [-0.39, 0.29) is 0 Å². The second kappa shape index (κ2) is 7.05. The van der Waals surface area contributed by atoms with Crippen molar-refractivity contribution in [1.29, 1.82) is 0 Å². The quantitative estimate of drug-likeness (QED) is 0.704. The summed E-state index contributed by atoms with van der Waals surface area (Å²) in [6, 6.07) is 4.26. The van der Waals surface area contributed by atoms with Gasteiger partial charge in [-0.05, 0) is 23.8 Å². The molecule has 2 nitrogen and oxygen atoms in total. The van der Waals surface area contributed by atoms with Crippen LogP contribution in [0.25, 0.3) is 0 Å². The average molecular weight is 239 g/mol. The SMILES string of the molecule is c1csc(CNCCOCCC2CCC2)c1. The standard InChI is InChI=1S/C13H21NOS/c1-3-12(4-1)6-8-15-9-7-14-11-13-5-2-10-16-13/h2,5,10,12,14H,1,3-4,6-9,11H2. The molecule has 1 aromatic rings. The third-order valence-electron chi connectivity index (χ3n) is 3.20. The third-order valence-corrected chi connectivity index (χ3v) is 4.07. The first-order valence-corrected chi connectivity index (χ1v) is 7.14. The molecule has 1 N–H and O–H groups in total. The Balaban J connectivity index is 1.37. The summed E-state index contributed by atoms with van der Waals surface area (Å²) < 4.78 is 5.60. The predicted molar refractivity (Wildman–Crippen MR) is 68.8 cm³/mol. The van der Waals surface area contributed by atoms with Crippen LogP contribution in [0.2, 0.25) is 0 Å². The van der Waals surface area contributed by atoms with Crippen molar-refractivity contribution < 1.29 is 4.74 Å². The molecule has 0 radical (unpaired) electrons. The molecule has 16 heavy (non-hydrogen) atoms. The number of ether oxygens (including phenoxy) is 1. The monoisotopic (exact) mass is 239 g/mol. The molecule has 0 spiro atoms. The van der Waals surface area contributed by atoms with Gasteiger partial charge in [0.25, 0.3) is 0 Å². The molecule has 0 atom stereocenters. The molecule has 0 aliphatic heterocycles. The molecule has 0 saturated heterocycles. The highest BCUT2D eigenvalue weighted by Gasteiger charge is 2.16. The van der Waals surface area contributed by atoms with Gasteiger partial charge in [0.15, 0.2) is 0 Å². The van der Waals surface area contributed by atoms with Crippen molar-refractivity contribution in [1.82, 2.24) is 5.32 Å². The van der Waals surface area contributed by atoms with Gasteiger partial charge in [0.2, 0.25) is 0 Å². The van der Waals surface area contributed by atoms with Crippen molar-refractivity contribution in [2.24, 2.45) is 5.92 Å². The Morgan fingerprint density at radius 3 is 3.00 bits per heavy atom. The van der Waals surface area contributed by atoms with Crippen LogP contribution < -0.4 is 5.32 Å². The molecular weight excluding hydrogens is 218 g/mol. The van der Waals surface area contributed by atoms with Gasteiger partial charge in [-0.1, -0.05) is 25.3 Å².